The molecule has 0 N–H and O–H groups in total. The molecule has 0 aromatic heterocycles. The zero-order valence-corrected chi connectivity index (χ0v) is 14.6. The molecule has 0 aliphatic carbocycles. The minimum atomic E-state index is -0.0656. The highest BCUT2D eigenvalue weighted by Crippen LogP contribution is 2.03. The predicted octanol–water partition coefficient (Wildman–Crippen LogP) is 3.43. The minimum Gasteiger partial charge on any atom is -0.353 e. The van der Waals surface area contributed by atoms with E-state index in [2.05, 4.69) is 18.1 Å². The summed E-state index contributed by atoms with van der Waals surface area (Å²) < 4.78 is 11.1. The number of hydrogen-bond donors (Lipinski definition) is 0. The van der Waals surface area contributed by atoms with Gasteiger partial charge in [0.25, 0.3) is 0 Å². The van der Waals surface area contributed by atoms with Crippen molar-refractivity contribution in [2.24, 2.45) is 4.99 Å². The van der Waals surface area contributed by atoms with Crippen molar-refractivity contribution in [1.82, 2.24) is 0 Å². The van der Waals surface area contributed by atoms with Crippen molar-refractivity contribution in [2.45, 2.75) is 71.3 Å². The Morgan fingerprint density at radius 2 is 1.79 bits per heavy atom. The lowest BCUT2D eigenvalue weighted by Crippen LogP contribution is -2.18. The first-order valence-corrected chi connectivity index (χ1v) is 10.1. The zero-order chi connectivity index (χ0) is 14.2. The van der Waals surface area contributed by atoms with Crippen molar-refractivity contribution in [3.63, 3.8) is 0 Å². The Bertz CT molecular complexity index is 195. The van der Waals surface area contributed by atoms with Gasteiger partial charge in [-0.2, -0.15) is 0 Å². The molecule has 0 unspecified atom stereocenters. The van der Waals surface area contributed by atoms with Gasteiger partial charge in [-0.05, 0) is 38.9 Å². The van der Waals surface area contributed by atoms with Crippen LogP contribution in [0.1, 0.15) is 52.9 Å². The Morgan fingerprint density at radius 1 is 1.05 bits per heavy atom. The van der Waals surface area contributed by atoms with Crippen molar-refractivity contribution >= 4 is 15.7 Å². The molecular weight excluding hydrogens is 254 g/mol. The molecule has 0 rings (SSSR count). The fourth-order valence-corrected chi connectivity index (χ4v) is 3.37. The molecule has 0 bridgehead atoms. The summed E-state index contributed by atoms with van der Waals surface area (Å²) in [6, 6.07) is 2.45. The van der Waals surface area contributed by atoms with E-state index in [1.807, 2.05) is 13.8 Å². The van der Waals surface area contributed by atoms with Crippen LogP contribution in [-0.4, -0.2) is 41.8 Å². The van der Waals surface area contributed by atoms with Gasteiger partial charge in [-0.15, -0.1) is 0 Å². The van der Waals surface area contributed by atoms with E-state index in [1.165, 1.54) is 31.7 Å². The van der Waals surface area contributed by atoms with Crippen LogP contribution in [0.15, 0.2) is 4.99 Å². The second-order valence-electron chi connectivity index (χ2n) is 4.77. The molecule has 0 spiro atoms. The minimum absolute atomic E-state index is 0.0487. The quantitative estimate of drug-likeness (QED) is 0.212. The number of ether oxygens (including phenoxy) is 2. The van der Waals surface area contributed by atoms with Crippen molar-refractivity contribution in [3.05, 3.63) is 0 Å². The van der Waals surface area contributed by atoms with Gasteiger partial charge in [0.05, 0.1) is 0 Å². The third-order valence-electron chi connectivity index (χ3n) is 3.00. The van der Waals surface area contributed by atoms with Crippen LogP contribution >= 0.6 is 0 Å². The number of unbranched alkanes of at least 4 members (excludes halogenated alkanes) is 3. The second kappa shape index (κ2) is 15.9. The van der Waals surface area contributed by atoms with Gasteiger partial charge in [-0.25, -0.2) is 0 Å². The molecular formula is C15H33NO2Si. The molecule has 3 nitrogen and oxygen atoms in total. The lowest BCUT2D eigenvalue weighted by Gasteiger charge is -2.16. The first-order valence-electron chi connectivity index (χ1n) is 8.06. The summed E-state index contributed by atoms with van der Waals surface area (Å²) in [5.41, 5.74) is 0. The van der Waals surface area contributed by atoms with Crippen LogP contribution in [0.25, 0.3) is 0 Å². The highest BCUT2D eigenvalue weighted by atomic mass is 28.2. The highest BCUT2D eigenvalue weighted by Gasteiger charge is 2.06. The van der Waals surface area contributed by atoms with Crippen LogP contribution in [0.5, 0.6) is 0 Å². The van der Waals surface area contributed by atoms with Crippen LogP contribution in [-0.2, 0) is 9.47 Å². The van der Waals surface area contributed by atoms with Crippen molar-refractivity contribution in [2.75, 3.05) is 19.8 Å². The van der Waals surface area contributed by atoms with E-state index in [9.17, 15) is 0 Å². The largest absolute Gasteiger partial charge is 0.353 e. The maximum Gasteiger partial charge on any atom is 0.154 e. The molecule has 0 aromatic rings. The average Bonchev–Trinajstić information content (AvgIpc) is 2.41. The normalized spacial score (nSPS) is 12.4. The van der Waals surface area contributed by atoms with E-state index in [0.717, 1.165) is 32.2 Å². The molecule has 0 aliphatic heterocycles. The summed E-state index contributed by atoms with van der Waals surface area (Å²) in [7, 11) is -0.0656. The SMILES string of the molecule is CCCCCCN=CCC[SiH2]CC(OCC)OCC. The van der Waals surface area contributed by atoms with E-state index < -0.39 is 0 Å². The number of aliphatic imine (C=N–C) groups is 1. The van der Waals surface area contributed by atoms with Crippen LogP contribution in [0.4, 0.5) is 0 Å². The third kappa shape index (κ3) is 14.0. The Balaban J connectivity index is 3.34. The molecule has 114 valence electrons. The first kappa shape index (κ1) is 18.8. The van der Waals surface area contributed by atoms with Gasteiger partial charge in [-0.3, -0.25) is 4.99 Å². The van der Waals surface area contributed by atoms with Gasteiger partial charge in [0.2, 0.25) is 0 Å². The third-order valence-corrected chi connectivity index (χ3v) is 4.79. The van der Waals surface area contributed by atoms with Gasteiger partial charge >= 0.3 is 0 Å². The molecule has 0 atom stereocenters. The van der Waals surface area contributed by atoms with E-state index in [4.69, 9.17) is 9.47 Å². The van der Waals surface area contributed by atoms with Crippen LogP contribution in [0, 0.1) is 0 Å². The standard InChI is InChI=1S/C15H33NO2Si/c1-4-7-8-9-11-16-12-10-13-19-14-15(17-5-2)18-6-3/h12,15H,4-11,13-14,19H2,1-3H3. The van der Waals surface area contributed by atoms with Crippen molar-refractivity contribution < 1.29 is 9.47 Å². The van der Waals surface area contributed by atoms with Crippen molar-refractivity contribution in [1.29, 1.82) is 0 Å². The lowest BCUT2D eigenvalue weighted by atomic mass is 10.2. The molecule has 0 radical (unpaired) electrons. The molecule has 0 aliphatic rings. The second-order valence-corrected chi connectivity index (χ2v) is 6.77. The molecule has 19 heavy (non-hydrogen) atoms. The summed E-state index contributed by atoms with van der Waals surface area (Å²) in [6.07, 6.45) is 8.54. The Morgan fingerprint density at radius 3 is 2.42 bits per heavy atom. The summed E-state index contributed by atoms with van der Waals surface area (Å²) in [4.78, 5) is 4.47. The number of rotatable bonds is 14. The maximum absolute atomic E-state index is 5.54. The van der Waals surface area contributed by atoms with Gasteiger partial charge in [-0.1, -0.05) is 32.2 Å². The Labute approximate surface area is 122 Å². The van der Waals surface area contributed by atoms with Crippen molar-refractivity contribution in [3.8, 4) is 0 Å². The smallest absolute Gasteiger partial charge is 0.154 e. The summed E-state index contributed by atoms with van der Waals surface area (Å²) >= 11 is 0. The summed E-state index contributed by atoms with van der Waals surface area (Å²) in [5, 5.41) is 0. The summed E-state index contributed by atoms with van der Waals surface area (Å²) in [6.45, 7) is 8.81. The molecule has 0 fully saturated rings. The fourth-order valence-electron chi connectivity index (χ4n) is 1.95. The van der Waals surface area contributed by atoms with Gasteiger partial charge < -0.3 is 9.47 Å². The van der Waals surface area contributed by atoms with Crippen LogP contribution in [0.2, 0.25) is 12.1 Å². The van der Waals surface area contributed by atoms with E-state index in [0.29, 0.717) is 0 Å². The predicted molar refractivity (Wildman–Crippen MR) is 87.3 cm³/mol. The topological polar surface area (TPSA) is 30.8 Å². The monoisotopic (exact) mass is 287 g/mol. The van der Waals surface area contributed by atoms with E-state index >= 15 is 0 Å². The molecule has 0 aromatic carbocycles. The van der Waals surface area contributed by atoms with Crippen LogP contribution < -0.4 is 0 Å². The molecule has 0 saturated heterocycles. The fraction of sp³-hybridized carbons (Fsp3) is 0.933. The molecule has 4 heteroatoms. The van der Waals surface area contributed by atoms with Gasteiger partial charge in [0.15, 0.2) is 6.29 Å². The number of hydrogen-bond acceptors (Lipinski definition) is 3. The first-order chi connectivity index (χ1) is 9.35. The Hall–Kier alpha value is -0.193. The molecule has 0 heterocycles. The number of nitrogens with zero attached hydrogens (tertiary/aromatic N) is 1. The lowest BCUT2D eigenvalue weighted by molar-refractivity contribution is -0.123. The van der Waals surface area contributed by atoms with E-state index in [1.54, 1.807) is 0 Å². The van der Waals surface area contributed by atoms with Gasteiger partial charge in [0.1, 0.15) is 0 Å². The molecule has 0 saturated carbocycles. The van der Waals surface area contributed by atoms with E-state index in [-0.39, 0.29) is 15.8 Å². The van der Waals surface area contributed by atoms with Gasteiger partial charge in [0, 0.05) is 29.3 Å². The average molecular weight is 288 g/mol. The summed E-state index contributed by atoms with van der Waals surface area (Å²) in [5.74, 6) is 0. The maximum atomic E-state index is 5.54. The highest BCUT2D eigenvalue weighted by molar-refractivity contribution is 6.35. The molecule has 0 amide bonds. The zero-order valence-electron chi connectivity index (χ0n) is 13.2. The Kier molecular flexibility index (Phi) is 15.7. The van der Waals surface area contributed by atoms with Crippen LogP contribution in [0.3, 0.4) is 0 Å².